The molecule has 0 bridgehead atoms. The van der Waals surface area contributed by atoms with E-state index in [1.807, 2.05) is 12.1 Å². The molecular weight excluding hydrogens is 245 g/mol. The Morgan fingerprint density at radius 3 is 2.56 bits per heavy atom. The van der Waals surface area contributed by atoms with Gasteiger partial charge in [-0.3, -0.25) is 4.98 Å². The van der Waals surface area contributed by atoms with E-state index in [-0.39, 0.29) is 12.6 Å². The molecule has 1 rings (SSSR count). The third-order valence-electron chi connectivity index (χ3n) is 2.52. The highest BCUT2D eigenvalue weighted by molar-refractivity contribution is 5.11. The largest absolute Gasteiger partial charge is 0.411 e. The zero-order valence-corrected chi connectivity index (χ0v) is 10.2. The average Bonchev–Trinajstić information content (AvgIpc) is 2.33. The molecule has 0 aliphatic heterocycles. The maximum absolute atomic E-state index is 11.9. The molecule has 1 unspecified atom stereocenters. The van der Waals surface area contributed by atoms with E-state index in [9.17, 15) is 13.2 Å². The van der Waals surface area contributed by atoms with Crippen molar-refractivity contribution in [1.29, 1.82) is 0 Å². The number of pyridine rings is 1. The van der Waals surface area contributed by atoms with Crippen LogP contribution in [0.2, 0.25) is 0 Å². The summed E-state index contributed by atoms with van der Waals surface area (Å²) in [7, 11) is 1.79. The number of alkyl halides is 3. The molecule has 0 saturated heterocycles. The number of aromatic nitrogens is 1. The molecule has 1 aromatic rings. The highest BCUT2D eigenvalue weighted by Gasteiger charge is 2.27. The number of hydrogen-bond acceptors (Lipinski definition) is 3. The number of likely N-dealkylation sites (N-methyl/N-ethyl adjacent to an activating group) is 1. The van der Waals surface area contributed by atoms with E-state index in [4.69, 9.17) is 0 Å². The van der Waals surface area contributed by atoms with Gasteiger partial charge in [0.25, 0.3) is 0 Å². The van der Waals surface area contributed by atoms with E-state index in [0.717, 1.165) is 12.0 Å². The zero-order chi connectivity index (χ0) is 13.4. The number of halogens is 3. The lowest BCUT2D eigenvalue weighted by molar-refractivity contribution is -0.174. The minimum atomic E-state index is -4.25. The van der Waals surface area contributed by atoms with Crippen LogP contribution in [0.4, 0.5) is 13.2 Å². The Morgan fingerprint density at radius 2 is 2.00 bits per heavy atom. The summed E-state index contributed by atoms with van der Waals surface area (Å²) in [5.41, 5.74) is 1.10. The normalized spacial score (nSPS) is 13.6. The van der Waals surface area contributed by atoms with Crippen molar-refractivity contribution in [1.82, 2.24) is 10.3 Å². The predicted molar refractivity (Wildman–Crippen MR) is 62.3 cm³/mol. The van der Waals surface area contributed by atoms with E-state index >= 15 is 0 Å². The Labute approximate surface area is 104 Å². The summed E-state index contributed by atoms with van der Waals surface area (Å²) in [5.74, 6) is 0. The first-order valence-electron chi connectivity index (χ1n) is 5.72. The lowest BCUT2D eigenvalue weighted by Crippen LogP contribution is -2.29. The molecule has 0 aliphatic rings. The molecule has 0 amide bonds. The molecule has 0 aliphatic carbocycles. The fourth-order valence-corrected chi connectivity index (χ4v) is 1.57. The van der Waals surface area contributed by atoms with Crippen LogP contribution >= 0.6 is 0 Å². The zero-order valence-electron chi connectivity index (χ0n) is 10.2. The third-order valence-corrected chi connectivity index (χ3v) is 2.52. The fraction of sp³-hybridized carbons (Fsp3) is 0.583. The van der Waals surface area contributed by atoms with Crippen molar-refractivity contribution < 1.29 is 17.9 Å². The van der Waals surface area contributed by atoms with Gasteiger partial charge >= 0.3 is 6.18 Å². The molecule has 1 heterocycles. The van der Waals surface area contributed by atoms with Crippen molar-refractivity contribution >= 4 is 0 Å². The minimum absolute atomic E-state index is 0.0934. The van der Waals surface area contributed by atoms with E-state index in [0.29, 0.717) is 6.42 Å². The molecule has 18 heavy (non-hydrogen) atoms. The minimum Gasteiger partial charge on any atom is -0.372 e. The molecule has 0 radical (unpaired) electrons. The maximum atomic E-state index is 11.9. The summed E-state index contributed by atoms with van der Waals surface area (Å²) in [6, 6.07) is 3.88. The molecule has 0 aromatic carbocycles. The van der Waals surface area contributed by atoms with E-state index < -0.39 is 12.8 Å². The van der Waals surface area contributed by atoms with Gasteiger partial charge in [-0.15, -0.1) is 0 Å². The molecule has 1 N–H and O–H groups in total. The van der Waals surface area contributed by atoms with Crippen LogP contribution in [0.3, 0.4) is 0 Å². The Morgan fingerprint density at radius 1 is 1.33 bits per heavy atom. The van der Waals surface area contributed by atoms with E-state index in [2.05, 4.69) is 15.0 Å². The average molecular weight is 262 g/mol. The monoisotopic (exact) mass is 262 g/mol. The molecule has 6 heteroatoms. The summed E-state index contributed by atoms with van der Waals surface area (Å²) in [5, 5.41) is 3.07. The Kier molecular flexibility index (Phi) is 6.07. The summed E-state index contributed by atoms with van der Waals surface area (Å²) in [6.07, 6.45) is 0.425. The van der Waals surface area contributed by atoms with Gasteiger partial charge in [-0.1, -0.05) is 0 Å². The number of ether oxygens (including phenoxy) is 1. The van der Waals surface area contributed by atoms with Crippen LogP contribution < -0.4 is 5.32 Å². The van der Waals surface area contributed by atoms with Crippen LogP contribution in [0.5, 0.6) is 0 Å². The molecule has 1 atom stereocenters. The van der Waals surface area contributed by atoms with Crippen LogP contribution in [0.15, 0.2) is 24.5 Å². The second-order valence-electron chi connectivity index (χ2n) is 4.00. The summed E-state index contributed by atoms with van der Waals surface area (Å²) >= 11 is 0. The predicted octanol–water partition coefficient (Wildman–Crippen LogP) is 2.18. The summed E-state index contributed by atoms with van der Waals surface area (Å²) in [6.45, 7) is -1.09. The summed E-state index contributed by atoms with van der Waals surface area (Å²) in [4.78, 5) is 3.91. The SMILES string of the molecule is CNC(CCOCC(F)(F)F)Cc1ccncc1. The van der Waals surface area contributed by atoms with Gasteiger partial charge < -0.3 is 10.1 Å². The first-order valence-corrected chi connectivity index (χ1v) is 5.72. The number of hydrogen-bond donors (Lipinski definition) is 1. The lowest BCUT2D eigenvalue weighted by Gasteiger charge is -2.16. The number of nitrogens with one attached hydrogen (secondary N) is 1. The summed E-state index contributed by atoms with van der Waals surface area (Å²) < 4.78 is 40.2. The van der Waals surface area contributed by atoms with Crippen LogP contribution in [-0.4, -0.2) is 37.5 Å². The topological polar surface area (TPSA) is 34.1 Å². The molecule has 0 spiro atoms. The van der Waals surface area contributed by atoms with Crippen molar-refractivity contribution in [2.75, 3.05) is 20.3 Å². The van der Waals surface area contributed by atoms with Crippen LogP contribution in [-0.2, 0) is 11.2 Å². The van der Waals surface area contributed by atoms with Gasteiger partial charge in [-0.25, -0.2) is 0 Å². The van der Waals surface area contributed by atoms with Gasteiger partial charge in [0, 0.05) is 25.0 Å². The third kappa shape index (κ3) is 6.56. The van der Waals surface area contributed by atoms with Crippen molar-refractivity contribution in [3.05, 3.63) is 30.1 Å². The highest BCUT2D eigenvalue weighted by Crippen LogP contribution is 2.14. The Hall–Kier alpha value is -1.14. The van der Waals surface area contributed by atoms with E-state index in [1.165, 1.54) is 0 Å². The first-order chi connectivity index (χ1) is 8.51. The van der Waals surface area contributed by atoms with Gasteiger partial charge in [0.1, 0.15) is 6.61 Å². The second kappa shape index (κ2) is 7.33. The van der Waals surface area contributed by atoms with Gasteiger partial charge in [-0.2, -0.15) is 13.2 Å². The van der Waals surface area contributed by atoms with Crippen LogP contribution in [0, 0.1) is 0 Å². The van der Waals surface area contributed by atoms with Gasteiger partial charge in [0.2, 0.25) is 0 Å². The Balaban J connectivity index is 2.26. The first kappa shape index (κ1) is 14.9. The highest BCUT2D eigenvalue weighted by atomic mass is 19.4. The number of rotatable bonds is 7. The standard InChI is InChI=1S/C12H17F3N2O/c1-16-11(4-7-18-9-12(13,14)15)8-10-2-5-17-6-3-10/h2-3,5-6,11,16H,4,7-9H2,1H3. The van der Waals surface area contributed by atoms with Crippen molar-refractivity contribution in [3.63, 3.8) is 0 Å². The van der Waals surface area contributed by atoms with Gasteiger partial charge in [-0.05, 0) is 37.6 Å². The Bertz CT molecular complexity index is 330. The maximum Gasteiger partial charge on any atom is 0.411 e. The smallest absolute Gasteiger partial charge is 0.372 e. The molecule has 1 aromatic heterocycles. The fourth-order valence-electron chi connectivity index (χ4n) is 1.57. The quantitative estimate of drug-likeness (QED) is 0.765. The van der Waals surface area contributed by atoms with Gasteiger partial charge in [0.15, 0.2) is 0 Å². The lowest BCUT2D eigenvalue weighted by atomic mass is 10.1. The van der Waals surface area contributed by atoms with Gasteiger partial charge in [0.05, 0.1) is 0 Å². The van der Waals surface area contributed by atoms with Crippen LogP contribution in [0.25, 0.3) is 0 Å². The second-order valence-corrected chi connectivity index (χ2v) is 4.00. The van der Waals surface area contributed by atoms with Crippen molar-refractivity contribution in [2.24, 2.45) is 0 Å². The molecule has 102 valence electrons. The van der Waals surface area contributed by atoms with Crippen molar-refractivity contribution in [2.45, 2.75) is 25.1 Å². The molecule has 0 saturated carbocycles. The van der Waals surface area contributed by atoms with E-state index in [1.54, 1.807) is 19.4 Å². The number of nitrogens with zero attached hydrogens (tertiary/aromatic N) is 1. The molecule has 0 fully saturated rings. The van der Waals surface area contributed by atoms with Crippen molar-refractivity contribution in [3.8, 4) is 0 Å². The molecule has 3 nitrogen and oxygen atoms in total. The molecular formula is C12H17F3N2O. The van der Waals surface area contributed by atoms with Crippen LogP contribution in [0.1, 0.15) is 12.0 Å².